The highest BCUT2D eigenvalue weighted by atomic mass is 16.5. The van der Waals surface area contributed by atoms with Crippen molar-refractivity contribution in [3.8, 4) is 5.75 Å². The lowest BCUT2D eigenvalue weighted by molar-refractivity contribution is -0.126. The summed E-state index contributed by atoms with van der Waals surface area (Å²) in [5.74, 6) is 0.329. The summed E-state index contributed by atoms with van der Waals surface area (Å²) < 4.78 is 5.79. The number of nitrogens with zero attached hydrogens (tertiary/aromatic N) is 1. The van der Waals surface area contributed by atoms with Crippen molar-refractivity contribution < 1.29 is 19.1 Å². The Bertz CT molecular complexity index is 1000. The number of primary amides is 1. The smallest absolute Gasteiger partial charge is 0.253 e. The van der Waals surface area contributed by atoms with Crippen molar-refractivity contribution >= 4 is 17.7 Å². The average molecular weight is 436 g/mol. The van der Waals surface area contributed by atoms with Crippen LogP contribution in [0.2, 0.25) is 0 Å². The van der Waals surface area contributed by atoms with E-state index in [1.165, 1.54) is 12.8 Å². The molecule has 0 bridgehead atoms. The SMILES string of the molecule is NC(=O)c1ccccc1OCc1cccc(C(=O)N2CCCC(C(=O)NCC3CC3)C2)c1. The summed E-state index contributed by atoms with van der Waals surface area (Å²) in [5.41, 5.74) is 7.09. The van der Waals surface area contributed by atoms with Crippen LogP contribution in [0.15, 0.2) is 48.5 Å². The minimum atomic E-state index is -0.551. The van der Waals surface area contributed by atoms with Gasteiger partial charge in [-0.05, 0) is 61.4 Å². The van der Waals surface area contributed by atoms with Crippen LogP contribution < -0.4 is 15.8 Å². The van der Waals surface area contributed by atoms with Gasteiger partial charge in [0.15, 0.2) is 0 Å². The van der Waals surface area contributed by atoms with Gasteiger partial charge in [-0.3, -0.25) is 14.4 Å². The molecule has 0 radical (unpaired) electrons. The number of likely N-dealkylation sites (tertiary alicyclic amines) is 1. The Morgan fingerprint density at radius 3 is 2.66 bits per heavy atom. The third-order valence-electron chi connectivity index (χ3n) is 6.06. The topological polar surface area (TPSA) is 102 Å². The number of rotatable bonds is 8. The van der Waals surface area contributed by atoms with Gasteiger partial charge in [-0.25, -0.2) is 0 Å². The predicted molar refractivity (Wildman–Crippen MR) is 120 cm³/mol. The van der Waals surface area contributed by atoms with Gasteiger partial charge in [-0.1, -0.05) is 24.3 Å². The minimum Gasteiger partial charge on any atom is -0.488 e. The highest BCUT2D eigenvalue weighted by Crippen LogP contribution is 2.28. The number of nitrogens with one attached hydrogen (secondary N) is 1. The first-order valence-electron chi connectivity index (χ1n) is 11.2. The third-order valence-corrected chi connectivity index (χ3v) is 6.06. The molecule has 1 atom stereocenters. The molecule has 0 aromatic heterocycles. The molecule has 4 rings (SSSR count). The van der Waals surface area contributed by atoms with Gasteiger partial charge >= 0.3 is 0 Å². The molecular weight excluding hydrogens is 406 g/mol. The van der Waals surface area contributed by atoms with Gasteiger partial charge in [0.25, 0.3) is 11.8 Å². The van der Waals surface area contributed by atoms with Crippen molar-refractivity contribution in [2.45, 2.75) is 32.3 Å². The molecule has 3 amide bonds. The first kappa shape index (κ1) is 21.9. The number of ether oxygens (including phenoxy) is 1. The first-order valence-corrected chi connectivity index (χ1v) is 11.2. The summed E-state index contributed by atoms with van der Waals surface area (Å²) in [6.45, 7) is 2.06. The Morgan fingerprint density at radius 2 is 1.88 bits per heavy atom. The van der Waals surface area contributed by atoms with E-state index in [9.17, 15) is 14.4 Å². The normalized spacial score (nSPS) is 18.1. The van der Waals surface area contributed by atoms with E-state index in [0.29, 0.717) is 35.9 Å². The molecule has 3 N–H and O–H groups in total. The summed E-state index contributed by atoms with van der Waals surface area (Å²) in [5, 5.41) is 3.04. The van der Waals surface area contributed by atoms with Crippen molar-refractivity contribution in [1.29, 1.82) is 0 Å². The summed E-state index contributed by atoms with van der Waals surface area (Å²) in [6, 6.07) is 14.1. The zero-order chi connectivity index (χ0) is 22.5. The predicted octanol–water partition coefficient (Wildman–Crippen LogP) is 2.74. The largest absolute Gasteiger partial charge is 0.488 e. The fourth-order valence-corrected chi connectivity index (χ4v) is 4.02. The van der Waals surface area contributed by atoms with E-state index in [1.54, 1.807) is 41.3 Å². The van der Waals surface area contributed by atoms with Crippen LogP contribution in [-0.4, -0.2) is 42.3 Å². The molecule has 1 unspecified atom stereocenters. The number of hydrogen-bond acceptors (Lipinski definition) is 4. The van der Waals surface area contributed by atoms with E-state index in [1.807, 2.05) is 12.1 Å². The zero-order valence-electron chi connectivity index (χ0n) is 18.1. The second-order valence-corrected chi connectivity index (χ2v) is 8.63. The highest BCUT2D eigenvalue weighted by molar-refractivity contribution is 5.96. The van der Waals surface area contributed by atoms with Crippen LogP contribution >= 0.6 is 0 Å². The Balaban J connectivity index is 1.37. The van der Waals surface area contributed by atoms with E-state index in [4.69, 9.17) is 10.5 Å². The number of nitrogens with two attached hydrogens (primary N) is 1. The maximum Gasteiger partial charge on any atom is 0.253 e. The van der Waals surface area contributed by atoms with Crippen LogP contribution in [-0.2, 0) is 11.4 Å². The van der Waals surface area contributed by atoms with E-state index in [-0.39, 0.29) is 24.3 Å². The van der Waals surface area contributed by atoms with Crippen LogP contribution in [0.3, 0.4) is 0 Å². The standard InChI is InChI=1S/C25H29N3O4/c26-23(29)21-8-1-2-9-22(21)32-16-18-5-3-6-19(13-18)25(31)28-12-4-7-20(15-28)24(30)27-14-17-10-11-17/h1-3,5-6,8-9,13,17,20H,4,7,10-12,14-16H2,(H2,26,29)(H,27,30). The lowest BCUT2D eigenvalue weighted by Gasteiger charge is -2.32. The molecular formula is C25H29N3O4. The molecule has 32 heavy (non-hydrogen) atoms. The molecule has 1 aliphatic carbocycles. The van der Waals surface area contributed by atoms with Crippen molar-refractivity contribution in [2.75, 3.05) is 19.6 Å². The number of para-hydroxylation sites is 1. The average Bonchev–Trinajstić information content (AvgIpc) is 3.66. The Labute approximate surface area is 187 Å². The quantitative estimate of drug-likeness (QED) is 0.666. The second-order valence-electron chi connectivity index (χ2n) is 8.63. The Morgan fingerprint density at radius 1 is 1.06 bits per heavy atom. The van der Waals surface area contributed by atoms with Crippen molar-refractivity contribution in [1.82, 2.24) is 10.2 Å². The lowest BCUT2D eigenvalue weighted by atomic mass is 9.96. The summed E-state index contributed by atoms with van der Waals surface area (Å²) in [4.78, 5) is 38.9. The maximum atomic E-state index is 13.1. The monoisotopic (exact) mass is 435 g/mol. The number of carbonyl (C=O) groups is 3. The molecule has 1 heterocycles. The minimum absolute atomic E-state index is 0.0599. The maximum absolute atomic E-state index is 13.1. The third kappa shape index (κ3) is 5.46. The van der Waals surface area contributed by atoms with Crippen LogP contribution in [0.4, 0.5) is 0 Å². The zero-order valence-corrected chi connectivity index (χ0v) is 18.1. The van der Waals surface area contributed by atoms with Gasteiger partial charge in [0.2, 0.25) is 5.91 Å². The molecule has 168 valence electrons. The van der Waals surface area contributed by atoms with Crippen LogP contribution in [0.1, 0.15) is 52.0 Å². The van der Waals surface area contributed by atoms with Crippen LogP contribution in [0.5, 0.6) is 5.75 Å². The van der Waals surface area contributed by atoms with Crippen LogP contribution in [0, 0.1) is 11.8 Å². The second kappa shape index (κ2) is 9.85. The molecule has 2 aromatic rings. The highest BCUT2D eigenvalue weighted by Gasteiger charge is 2.30. The summed E-state index contributed by atoms with van der Waals surface area (Å²) >= 11 is 0. The molecule has 2 aromatic carbocycles. The van der Waals surface area contributed by atoms with Gasteiger partial charge in [0.1, 0.15) is 12.4 Å². The molecule has 0 spiro atoms. The van der Waals surface area contributed by atoms with E-state index < -0.39 is 5.91 Å². The number of carbonyl (C=O) groups excluding carboxylic acids is 3. The van der Waals surface area contributed by atoms with Crippen molar-refractivity contribution in [3.05, 3.63) is 65.2 Å². The lowest BCUT2D eigenvalue weighted by Crippen LogP contribution is -2.45. The number of amides is 3. The first-order chi connectivity index (χ1) is 15.5. The Hall–Kier alpha value is -3.35. The summed E-state index contributed by atoms with van der Waals surface area (Å²) in [6.07, 6.45) is 4.03. The van der Waals surface area contributed by atoms with Crippen molar-refractivity contribution in [3.63, 3.8) is 0 Å². The molecule has 1 saturated heterocycles. The fourth-order valence-electron chi connectivity index (χ4n) is 4.02. The van der Waals surface area contributed by atoms with Gasteiger partial charge < -0.3 is 20.7 Å². The molecule has 2 fully saturated rings. The molecule has 7 nitrogen and oxygen atoms in total. The fraction of sp³-hybridized carbons (Fsp3) is 0.400. The molecule has 7 heteroatoms. The van der Waals surface area contributed by atoms with Gasteiger partial charge in [0, 0.05) is 25.2 Å². The van der Waals surface area contributed by atoms with Crippen molar-refractivity contribution in [2.24, 2.45) is 17.6 Å². The van der Waals surface area contributed by atoms with Gasteiger partial charge in [-0.15, -0.1) is 0 Å². The van der Waals surface area contributed by atoms with Crippen LogP contribution in [0.25, 0.3) is 0 Å². The summed E-state index contributed by atoms with van der Waals surface area (Å²) in [7, 11) is 0. The van der Waals surface area contributed by atoms with Gasteiger partial charge in [-0.2, -0.15) is 0 Å². The molecule has 1 aliphatic heterocycles. The number of piperidine rings is 1. The Kier molecular flexibility index (Phi) is 6.73. The molecule has 2 aliphatic rings. The van der Waals surface area contributed by atoms with E-state index in [2.05, 4.69) is 5.32 Å². The van der Waals surface area contributed by atoms with E-state index in [0.717, 1.165) is 24.9 Å². The number of hydrogen-bond donors (Lipinski definition) is 2. The number of benzene rings is 2. The van der Waals surface area contributed by atoms with Gasteiger partial charge in [0.05, 0.1) is 11.5 Å². The van der Waals surface area contributed by atoms with E-state index >= 15 is 0 Å². The molecule has 1 saturated carbocycles.